The van der Waals surface area contributed by atoms with E-state index in [1.807, 2.05) is 0 Å². The van der Waals surface area contributed by atoms with Crippen molar-refractivity contribution >= 4 is 0 Å². The highest BCUT2D eigenvalue weighted by Crippen LogP contribution is 2.33. The minimum Gasteiger partial charge on any atom is -0.383 e. The first kappa shape index (κ1) is 15.1. The van der Waals surface area contributed by atoms with Crippen molar-refractivity contribution in [3.8, 4) is 0 Å². The maximum Gasteiger partial charge on any atom is 0.240 e. The highest BCUT2D eigenvalue weighted by Gasteiger charge is 2.30. The van der Waals surface area contributed by atoms with Crippen molar-refractivity contribution in [3.05, 3.63) is 11.7 Å². The van der Waals surface area contributed by atoms with Crippen LogP contribution in [0, 0.1) is 5.41 Å². The van der Waals surface area contributed by atoms with Gasteiger partial charge in [0.1, 0.15) is 6.10 Å². The molecule has 1 heterocycles. The van der Waals surface area contributed by atoms with Gasteiger partial charge in [-0.25, -0.2) is 0 Å². The van der Waals surface area contributed by atoms with E-state index in [9.17, 15) is 0 Å². The molecule has 0 aliphatic heterocycles. The van der Waals surface area contributed by atoms with Crippen LogP contribution in [0.15, 0.2) is 4.52 Å². The van der Waals surface area contributed by atoms with E-state index in [1.165, 1.54) is 0 Å². The average molecular weight is 257 g/mol. The van der Waals surface area contributed by atoms with Crippen molar-refractivity contribution in [2.75, 3.05) is 27.4 Å². The Morgan fingerprint density at radius 3 is 2.61 bits per heavy atom. The van der Waals surface area contributed by atoms with Gasteiger partial charge in [0.05, 0.1) is 13.2 Å². The fourth-order valence-corrected chi connectivity index (χ4v) is 1.66. The molecule has 0 saturated heterocycles. The highest BCUT2D eigenvalue weighted by atomic mass is 16.5. The Morgan fingerprint density at radius 1 is 1.33 bits per heavy atom. The van der Waals surface area contributed by atoms with E-state index < -0.39 is 0 Å². The topological polar surface area (TPSA) is 69.4 Å². The van der Waals surface area contributed by atoms with Crippen LogP contribution in [0.4, 0.5) is 0 Å². The fraction of sp³-hybridized carbons (Fsp3) is 0.833. The second-order valence-corrected chi connectivity index (χ2v) is 5.20. The van der Waals surface area contributed by atoms with E-state index in [0.29, 0.717) is 24.9 Å². The van der Waals surface area contributed by atoms with E-state index in [0.717, 1.165) is 6.54 Å². The molecule has 0 amide bonds. The summed E-state index contributed by atoms with van der Waals surface area (Å²) in [6.07, 6.45) is -0.172. The summed E-state index contributed by atoms with van der Waals surface area (Å²) in [6, 6.07) is 0. The van der Waals surface area contributed by atoms with Crippen LogP contribution in [-0.4, -0.2) is 37.5 Å². The van der Waals surface area contributed by atoms with Gasteiger partial charge in [-0.3, -0.25) is 0 Å². The summed E-state index contributed by atoms with van der Waals surface area (Å²) >= 11 is 0. The third-order valence-electron chi connectivity index (χ3n) is 2.50. The maximum absolute atomic E-state index is 5.43. The van der Waals surface area contributed by atoms with Gasteiger partial charge in [0.15, 0.2) is 0 Å². The summed E-state index contributed by atoms with van der Waals surface area (Å²) in [5.74, 6) is 1.15. The fourth-order valence-electron chi connectivity index (χ4n) is 1.66. The van der Waals surface area contributed by atoms with Crippen molar-refractivity contribution in [3.63, 3.8) is 0 Å². The van der Waals surface area contributed by atoms with E-state index >= 15 is 0 Å². The van der Waals surface area contributed by atoms with Gasteiger partial charge in [-0.1, -0.05) is 25.9 Å². The zero-order chi connectivity index (χ0) is 13.6. The van der Waals surface area contributed by atoms with Gasteiger partial charge in [0, 0.05) is 20.8 Å². The number of aromatic nitrogens is 2. The first-order chi connectivity index (χ1) is 8.49. The molecule has 0 aliphatic rings. The highest BCUT2D eigenvalue weighted by molar-refractivity contribution is 4.96. The minimum absolute atomic E-state index is 0.0701. The zero-order valence-corrected chi connectivity index (χ0v) is 11.8. The van der Waals surface area contributed by atoms with Crippen molar-refractivity contribution in [2.45, 2.75) is 33.4 Å². The Bertz CT molecular complexity index is 347. The van der Waals surface area contributed by atoms with E-state index in [4.69, 9.17) is 14.0 Å². The monoisotopic (exact) mass is 257 g/mol. The number of hydrogen-bond donors (Lipinski definition) is 1. The number of nitrogens with one attached hydrogen (secondary N) is 1. The lowest BCUT2D eigenvalue weighted by molar-refractivity contribution is 0.00718. The molecule has 6 heteroatoms. The quantitative estimate of drug-likeness (QED) is 0.747. The molecule has 0 spiro atoms. The molecule has 0 radical (unpaired) electrons. The van der Waals surface area contributed by atoms with Crippen molar-refractivity contribution in [2.24, 2.45) is 5.41 Å². The second-order valence-electron chi connectivity index (χ2n) is 5.20. The Balaban J connectivity index is 2.56. The summed E-state index contributed by atoms with van der Waals surface area (Å²) < 4.78 is 15.5. The van der Waals surface area contributed by atoms with E-state index in [2.05, 4.69) is 36.2 Å². The SMILES string of the molecule is COCCNCc1nc(C(OC)C(C)(C)C)no1. The van der Waals surface area contributed by atoms with Crippen LogP contribution in [0.25, 0.3) is 0 Å². The molecular formula is C12H23N3O3. The first-order valence-electron chi connectivity index (χ1n) is 6.04. The molecular weight excluding hydrogens is 234 g/mol. The summed E-state index contributed by atoms with van der Waals surface area (Å²) in [7, 11) is 3.32. The van der Waals surface area contributed by atoms with E-state index in [1.54, 1.807) is 14.2 Å². The van der Waals surface area contributed by atoms with Crippen LogP contribution >= 0.6 is 0 Å². The largest absolute Gasteiger partial charge is 0.383 e. The van der Waals surface area contributed by atoms with E-state index in [-0.39, 0.29) is 11.5 Å². The number of methoxy groups -OCH3 is 2. The molecule has 0 bridgehead atoms. The van der Waals surface area contributed by atoms with Crippen LogP contribution in [0.5, 0.6) is 0 Å². The van der Waals surface area contributed by atoms with Crippen LogP contribution in [0.1, 0.15) is 38.6 Å². The lowest BCUT2D eigenvalue weighted by Gasteiger charge is -2.26. The smallest absolute Gasteiger partial charge is 0.240 e. The Kier molecular flexibility index (Phi) is 5.71. The lowest BCUT2D eigenvalue weighted by Crippen LogP contribution is -2.22. The number of hydrogen-bond acceptors (Lipinski definition) is 6. The predicted octanol–water partition coefficient (Wildman–Crippen LogP) is 1.54. The Hall–Kier alpha value is -0.980. The summed E-state index contributed by atoms with van der Waals surface area (Å²) in [4.78, 5) is 4.34. The predicted molar refractivity (Wildman–Crippen MR) is 67.1 cm³/mol. The molecule has 6 nitrogen and oxygen atoms in total. The molecule has 104 valence electrons. The van der Waals surface area contributed by atoms with Crippen molar-refractivity contribution in [1.29, 1.82) is 0 Å². The summed E-state index contributed by atoms with van der Waals surface area (Å²) in [5.41, 5.74) is -0.0701. The molecule has 1 N–H and O–H groups in total. The molecule has 1 aromatic heterocycles. The Morgan fingerprint density at radius 2 is 2.06 bits per heavy atom. The zero-order valence-electron chi connectivity index (χ0n) is 11.8. The summed E-state index contributed by atoms with van der Waals surface area (Å²) in [5, 5.41) is 7.12. The van der Waals surface area contributed by atoms with Crippen LogP contribution in [0.3, 0.4) is 0 Å². The van der Waals surface area contributed by atoms with Gasteiger partial charge >= 0.3 is 0 Å². The van der Waals surface area contributed by atoms with Crippen molar-refractivity contribution < 1.29 is 14.0 Å². The summed E-state index contributed by atoms with van der Waals surface area (Å²) in [6.45, 7) is 8.18. The molecule has 1 aromatic rings. The van der Waals surface area contributed by atoms with Gasteiger partial charge in [-0.15, -0.1) is 0 Å². The average Bonchev–Trinajstić information content (AvgIpc) is 2.72. The second kappa shape index (κ2) is 6.82. The molecule has 1 unspecified atom stereocenters. The molecule has 18 heavy (non-hydrogen) atoms. The molecule has 0 saturated carbocycles. The minimum atomic E-state index is -0.172. The van der Waals surface area contributed by atoms with Gasteiger partial charge in [0.25, 0.3) is 0 Å². The maximum atomic E-state index is 5.43. The molecule has 1 rings (SSSR count). The van der Waals surface area contributed by atoms with Crippen LogP contribution in [-0.2, 0) is 16.0 Å². The number of rotatable bonds is 7. The first-order valence-corrected chi connectivity index (χ1v) is 6.04. The lowest BCUT2D eigenvalue weighted by atomic mass is 9.88. The third-order valence-corrected chi connectivity index (χ3v) is 2.50. The third kappa shape index (κ3) is 4.36. The van der Waals surface area contributed by atoms with Gasteiger partial charge in [-0.2, -0.15) is 4.98 Å². The molecule has 0 aromatic carbocycles. The standard InChI is InChI=1S/C12H23N3O3/c1-12(2,3)10(17-5)11-14-9(18-15-11)8-13-6-7-16-4/h10,13H,6-8H2,1-5H3. The molecule has 1 atom stereocenters. The van der Waals surface area contributed by atoms with Gasteiger partial charge < -0.3 is 19.3 Å². The van der Waals surface area contributed by atoms with Gasteiger partial charge in [-0.05, 0) is 5.41 Å². The van der Waals surface area contributed by atoms with Gasteiger partial charge in [0.2, 0.25) is 11.7 Å². The molecule has 0 aliphatic carbocycles. The van der Waals surface area contributed by atoms with Crippen molar-refractivity contribution in [1.82, 2.24) is 15.5 Å². The Labute approximate surface area is 108 Å². The number of ether oxygens (including phenoxy) is 2. The molecule has 0 fully saturated rings. The number of nitrogens with zero attached hydrogens (tertiary/aromatic N) is 2. The van der Waals surface area contributed by atoms with Crippen LogP contribution < -0.4 is 5.32 Å². The van der Waals surface area contributed by atoms with Crippen LogP contribution in [0.2, 0.25) is 0 Å². The normalized spacial score (nSPS) is 13.8.